The van der Waals surface area contributed by atoms with E-state index in [1.807, 2.05) is 30.5 Å². The summed E-state index contributed by atoms with van der Waals surface area (Å²) in [6, 6.07) is 12.8. The van der Waals surface area contributed by atoms with Gasteiger partial charge in [-0.2, -0.15) is 0 Å². The van der Waals surface area contributed by atoms with E-state index in [9.17, 15) is 14.4 Å². The molecule has 1 aliphatic heterocycles. The molecular weight excluding hydrogens is 496 g/mol. The molecule has 0 aliphatic carbocycles. The Morgan fingerprint density at radius 3 is 2.25 bits per heavy atom. The van der Waals surface area contributed by atoms with Gasteiger partial charge in [0.25, 0.3) is 5.56 Å². The highest BCUT2D eigenvalue weighted by Crippen LogP contribution is 2.23. The van der Waals surface area contributed by atoms with Crippen molar-refractivity contribution < 1.29 is 19.1 Å². The molecule has 4 rings (SSSR count). The number of rotatable bonds is 8. The van der Waals surface area contributed by atoms with E-state index < -0.39 is 0 Å². The van der Waals surface area contributed by atoms with Crippen LogP contribution < -0.4 is 24.2 Å². The Morgan fingerprint density at radius 2 is 1.67 bits per heavy atom. The van der Waals surface area contributed by atoms with Crippen molar-refractivity contribution in [3.8, 4) is 11.5 Å². The molecule has 0 bridgehead atoms. The first kappa shape index (κ1) is 25.8. The van der Waals surface area contributed by atoms with E-state index >= 15 is 0 Å². The Bertz CT molecular complexity index is 1410. The number of thioether (sulfide) groups is 1. The minimum absolute atomic E-state index is 0.102. The maximum atomic E-state index is 13.4. The van der Waals surface area contributed by atoms with Gasteiger partial charge in [-0.25, -0.2) is 0 Å². The first-order chi connectivity index (χ1) is 17.4. The van der Waals surface area contributed by atoms with Crippen LogP contribution in [0.25, 0.3) is 12.2 Å². The summed E-state index contributed by atoms with van der Waals surface area (Å²) in [4.78, 5) is 42.4. The average Bonchev–Trinajstić information content (AvgIpc) is 3.54. The Labute approximate surface area is 217 Å². The molecule has 1 amide bonds. The van der Waals surface area contributed by atoms with Crippen molar-refractivity contribution in [3.05, 3.63) is 73.1 Å². The number of hydrogen-bond acceptors (Lipinski definition) is 7. The van der Waals surface area contributed by atoms with Gasteiger partial charge in [-0.3, -0.25) is 19.0 Å². The van der Waals surface area contributed by atoms with Gasteiger partial charge in [-0.1, -0.05) is 12.1 Å². The van der Waals surface area contributed by atoms with Crippen molar-refractivity contribution in [3.63, 3.8) is 0 Å². The topological polar surface area (TPSA) is 77.8 Å². The summed E-state index contributed by atoms with van der Waals surface area (Å²) in [7, 11) is 3.03. The van der Waals surface area contributed by atoms with E-state index in [4.69, 9.17) is 9.47 Å². The van der Waals surface area contributed by atoms with E-state index in [-0.39, 0.29) is 23.8 Å². The van der Waals surface area contributed by atoms with Gasteiger partial charge in [-0.15, -0.1) is 23.1 Å². The third kappa shape index (κ3) is 5.91. The van der Waals surface area contributed by atoms with E-state index in [2.05, 4.69) is 0 Å². The van der Waals surface area contributed by atoms with E-state index in [0.29, 0.717) is 39.3 Å². The van der Waals surface area contributed by atoms with Crippen molar-refractivity contribution in [2.75, 3.05) is 33.6 Å². The van der Waals surface area contributed by atoms with Crippen LogP contribution in [0.5, 0.6) is 11.5 Å². The molecule has 1 aliphatic rings. The number of ether oxygens (including phenoxy) is 2. The lowest BCUT2D eigenvalue weighted by Crippen LogP contribution is -2.39. The smallest absolute Gasteiger partial charge is 0.269 e. The predicted octanol–water partition coefficient (Wildman–Crippen LogP) is 2.76. The van der Waals surface area contributed by atoms with Crippen LogP contribution in [0.1, 0.15) is 28.8 Å². The zero-order valence-electron chi connectivity index (χ0n) is 20.5. The van der Waals surface area contributed by atoms with Crippen molar-refractivity contribution in [1.82, 2.24) is 9.47 Å². The second-order valence-electron chi connectivity index (χ2n) is 8.31. The Kier molecular flexibility index (Phi) is 8.32. The highest BCUT2D eigenvalue weighted by molar-refractivity contribution is 7.98. The van der Waals surface area contributed by atoms with E-state index in [1.54, 1.807) is 40.9 Å². The Hall–Kier alpha value is -3.30. The SMILES string of the molecule is COc1cc(OC)cc(C(=O)/C=c2\s/c(=C\c3ccc(SC)cc3)c(=O)n2CC(=O)N2CCCC2)c1. The number of carbonyl (C=O) groups is 2. The first-order valence-corrected chi connectivity index (χ1v) is 13.6. The molecule has 0 saturated carbocycles. The number of benzene rings is 2. The van der Waals surface area contributed by atoms with Crippen LogP contribution in [0.3, 0.4) is 0 Å². The summed E-state index contributed by atoms with van der Waals surface area (Å²) in [5, 5.41) is 0. The average molecular weight is 525 g/mol. The van der Waals surface area contributed by atoms with Crippen molar-refractivity contribution in [2.24, 2.45) is 0 Å². The summed E-state index contributed by atoms with van der Waals surface area (Å²) < 4.78 is 12.9. The fourth-order valence-corrected chi connectivity index (χ4v) is 5.44. The van der Waals surface area contributed by atoms with Gasteiger partial charge < -0.3 is 14.4 Å². The molecule has 3 aromatic rings. The fraction of sp³-hybridized carbons (Fsp3) is 0.296. The standard InChI is InChI=1S/C27H28N2O5S2/c1-33-20-13-19(14-21(15-20)34-2)23(30)16-26-29(17-25(31)28-10-4-5-11-28)27(32)24(36-26)12-18-6-8-22(35-3)9-7-18/h6-9,12-16H,4-5,10-11,17H2,1-3H3/b24-12-,26-16-. The zero-order chi connectivity index (χ0) is 25.7. The van der Waals surface area contributed by atoms with Gasteiger partial charge in [-0.05, 0) is 55.0 Å². The third-order valence-corrected chi connectivity index (χ3v) is 7.80. The minimum atomic E-state index is -0.313. The third-order valence-electron chi connectivity index (χ3n) is 5.99. The molecule has 0 radical (unpaired) electrons. The summed E-state index contributed by atoms with van der Waals surface area (Å²) in [5.74, 6) is 0.545. The minimum Gasteiger partial charge on any atom is -0.497 e. The van der Waals surface area contributed by atoms with Crippen LogP contribution in [0.2, 0.25) is 0 Å². The quantitative estimate of drug-likeness (QED) is 0.333. The first-order valence-electron chi connectivity index (χ1n) is 11.5. The van der Waals surface area contributed by atoms with Crippen molar-refractivity contribution in [2.45, 2.75) is 24.3 Å². The maximum Gasteiger partial charge on any atom is 0.269 e. The van der Waals surface area contributed by atoms with Gasteiger partial charge in [0.1, 0.15) is 22.7 Å². The maximum absolute atomic E-state index is 13.4. The normalized spacial score (nSPS) is 14.4. The van der Waals surface area contributed by atoms with Crippen LogP contribution in [0.4, 0.5) is 0 Å². The molecule has 1 fully saturated rings. The molecule has 0 atom stereocenters. The molecule has 0 N–H and O–H groups in total. The second kappa shape index (κ2) is 11.6. The lowest BCUT2D eigenvalue weighted by atomic mass is 10.1. The van der Waals surface area contributed by atoms with Crippen LogP contribution in [-0.4, -0.2) is 54.7 Å². The summed E-state index contributed by atoms with van der Waals surface area (Å²) in [6.45, 7) is 1.29. The number of ketones is 1. The number of likely N-dealkylation sites (tertiary alicyclic amines) is 1. The number of carbonyl (C=O) groups excluding carboxylic acids is 2. The lowest BCUT2D eigenvalue weighted by Gasteiger charge is -2.15. The molecule has 2 aromatic carbocycles. The van der Waals surface area contributed by atoms with Gasteiger partial charge in [0.05, 0.1) is 18.8 Å². The number of hydrogen-bond donors (Lipinski definition) is 0. The van der Waals surface area contributed by atoms with E-state index in [0.717, 1.165) is 23.3 Å². The largest absolute Gasteiger partial charge is 0.497 e. The highest BCUT2D eigenvalue weighted by atomic mass is 32.2. The monoisotopic (exact) mass is 524 g/mol. The van der Waals surface area contributed by atoms with Crippen LogP contribution in [0.15, 0.2) is 52.2 Å². The van der Waals surface area contributed by atoms with Gasteiger partial charge >= 0.3 is 0 Å². The number of methoxy groups -OCH3 is 2. The van der Waals surface area contributed by atoms with Crippen LogP contribution in [-0.2, 0) is 11.3 Å². The molecule has 2 heterocycles. The van der Waals surface area contributed by atoms with Crippen molar-refractivity contribution in [1.29, 1.82) is 0 Å². The lowest BCUT2D eigenvalue weighted by molar-refractivity contribution is -0.130. The van der Waals surface area contributed by atoms with Crippen LogP contribution >= 0.6 is 23.1 Å². The van der Waals surface area contributed by atoms with E-state index in [1.165, 1.54) is 36.2 Å². The number of thiazole rings is 1. The van der Waals surface area contributed by atoms with Gasteiger partial charge in [0.15, 0.2) is 5.78 Å². The number of nitrogens with zero attached hydrogens (tertiary/aromatic N) is 2. The molecule has 7 nitrogen and oxygen atoms in total. The summed E-state index contributed by atoms with van der Waals surface area (Å²) >= 11 is 2.84. The van der Waals surface area contributed by atoms with Gasteiger partial charge in [0.2, 0.25) is 5.91 Å². The molecule has 1 saturated heterocycles. The number of amides is 1. The summed E-state index contributed by atoms with van der Waals surface area (Å²) in [6.07, 6.45) is 7.13. The molecular formula is C27H28N2O5S2. The fourth-order valence-electron chi connectivity index (χ4n) is 3.99. The molecule has 0 spiro atoms. The number of Topliss-reactive ketones (excluding diaryl/α,β-unsaturated/α-hetero) is 1. The van der Waals surface area contributed by atoms with Gasteiger partial charge in [0, 0.05) is 35.7 Å². The number of aromatic nitrogens is 1. The van der Waals surface area contributed by atoms with Crippen LogP contribution in [0, 0.1) is 0 Å². The Morgan fingerprint density at radius 1 is 1.03 bits per heavy atom. The summed E-state index contributed by atoms with van der Waals surface area (Å²) in [5.41, 5.74) is 0.950. The molecule has 36 heavy (non-hydrogen) atoms. The molecule has 1 aromatic heterocycles. The second-order valence-corrected chi connectivity index (χ2v) is 10.3. The molecule has 188 valence electrons. The Balaban J connectivity index is 1.79. The van der Waals surface area contributed by atoms with Crippen molar-refractivity contribution >= 4 is 46.9 Å². The molecule has 9 heteroatoms. The molecule has 0 unspecified atom stereocenters. The highest BCUT2D eigenvalue weighted by Gasteiger charge is 2.20. The predicted molar refractivity (Wildman–Crippen MR) is 144 cm³/mol. The zero-order valence-corrected chi connectivity index (χ0v) is 22.1.